The van der Waals surface area contributed by atoms with Crippen LogP contribution < -0.4 is 16.6 Å². The zero-order valence-electron chi connectivity index (χ0n) is 9.54. The molecule has 2 rings (SSSR count). The SMILES string of the molecule is Cc1cc(Br)cc(Nc2ncnc(NN)c2Br)c1. The molecule has 0 amide bonds. The smallest absolute Gasteiger partial charge is 0.159 e. The lowest BCUT2D eigenvalue weighted by Gasteiger charge is -2.10. The van der Waals surface area contributed by atoms with Crippen LogP contribution in [0.15, 0.2) is 33.5 Å². The summed E-state index contributed by atoms with van der Waals surface area (Å²) in [4.78, 5) is 8.15. The summed E-state index contributed by atoms with van der Waals surface area (Å²) in [6.07, 6.45) is 1.44. The molecule has 1 aromatic carbocycles. The number of nitrogen functional groups attached to an aromatic ring is 1. The van der Waals surface area contributed by atoms with Crippen molar-refractivity contribution in [2.75, 3.05) is 10.7 Å². The molecule has 1 aromatic heterocycles. The topological polar surface area (TPSA) is 75.9 Å². The van der Waals surface area contributed by atoms with E-state index >= 15 is 0 Å². The number of rotatable bonds is 3. The molecule has 0 spiro atoms. The second-order valence-electron chi connectivity index (χ2n) is 3.67. The molecule has 0 atom stereocenters. The highest BCUT2D eigenvalue weighted by atomic mass is 79.9. The summed E-state index contributed by atoms with van der Waals surface area (Å²) < 4.78 is 1.69. The van der Waals surface area contributed by atoms with Crippen molar-refractivity contribution in [2.24, 2.45) is 5.84 Å². The van der Waals surface area contributed by atoms with Crippen molar-refractivity contribution in [2.45, 2.75) is 6.92 Å². The van der Waals surface area contributed by atoms with Crippen LogP contribution in [0, 0.1) is 6.92 Å². The normalized spacial score (nSPS) is 10.2. The highest BCUT2D eigenvalue weighted by Gasteiger charge is 2.08. The maximum absolute atomic E-state index is 5.36. The number of hydrogen-bond acceptors (Lipinski definition) is 5. The van der Waals surface area contributed by atoms with Gasteiger partial charge in [0.1, 0.15) is 16.6 Å². The summed E-state index contributed by atoms with van der Waals surface area (Å²) in [5, 5.41) is 3.21. The largest absolute Gasteiger partial charge is 0.339 e. The molecule has 0 aliphatic heterocycles. The summed E-state index contributed by atoms with van der Waals surface area (Å²) in [6.45, 7) is 2.03. The molecule has 0 aliphatic carbocycles. The maximum atomic E-state index is 5.36. The minimum atomic E-state index is 0.527. The first-order valence-corrected chi connectivity index (χ1v) is 6.70. The van der Waals surface area contributed by atoms with Gasteiger partial charge in [0.15, 0.2) is 5.82 Å². The number of nitrogens with zero attached hydrogens (tertiary/aromatic N) is 2. The molecule has 5 nitrogen and oxygen atoms in total. The predicted octanol–water partition coefficient (Wildman–Crippen LogP) is 3.34. The van der Waals surface area contributed by atoms with E-state index in [9.17, 15) is 0 Å². The Morgan fingerprint density at radius 3 is 2.50 bits per heavy atom. The third kappa shape index (κ3) is 2.98. The molecule has 0 unspecified atom stereocenters. The molecule has 18 heavy (non-hydrogen) atoms. The fraction of sp³-hybridized carbons (Fsp3) is 0.0909. The van der Waals surface area contributed by atoms with E-state index in [1.54, 1.807) is 0 Å². The average molecular weight is 373 g/mol. The van der Waals surface area contributed by atoms with E-state index in [1.165, 1.54) is 6.33 Å². The quantitative estimate of drug-likeness (QED) is 0.569. The number of hydrazine groups is 1. The maximum Gasteiger partial charge on any atom is 0.159 e. The second kappa shape index (κ2) is 5.64. The van der Waals surface area contributed by atoms with E-state index in [0.717, 1.165) is 15.7 Å². The monoisotopic (exact) mass is 371 g/mol. The van der Waals surface area contributed by atoms with Crippen LogP contribution in [0.25, 0.3) is 0 Å². The van der Waals surface area contributed by atoms with Crippen LogP contribution in [0.1, 0.15) is 5.56 Å². The van der Waals surface area contributed by atoms with Gasteiger partial charge in [0, 0.05) is 10.2 Å². The molecular formula is C11H11Br2N5. The Balaban J connectivity index is 2.34. The van der Waals surface area contributed by atoms with Gasteiger partial charge in [0.2, 0.25) is 0 Å². The molecule has 2 aromatic rings. The van der Waals surface area contributed by atoms with Crippen LogP contribution >= 0.6 is 31.9 Å². The molecule has 0 aliphatic rings. The van der Waals surface area contributed by atoms with Crippen LogP contribution in [0.3, 0.4) is 0 Å². The van der Waals surface area contributed by atoms with Gasteiger partial charge in [-0.25, -0.2) is 15.8 Å². The van der Waals surface area contributed by atoms with Crippen LogP contribution in [0.5, 0.6) is 0 Å². The van der Waals surface area contributed by atoms with E-state index < -0.39 is 0 Å². The molecule has 0 bridgehead atoms. The molecular weight excluding hydrogens is 362 g/mol. The van der Waals surface area contributed by atoms with Gasteiger partial charge in [0.05, 0.1) is 0 Å². The second-order valence-corrected chi connectivity index (χ2v) is 5.38. The highest BCUT2D eigenvalue weighted by Crippen LogP contribution is 2.29. The number of aryl methyl sites for hydroxylation is 1. The Kier molecular flexibility index (Phi) is 4.15. The third-order valence-electron chi connectivity index (χ3n) is 2.23. The summed E-state index contributed by atoms with van der Waals surface area (Å²) >= 11 is 6.85. The Morgan fingerprint density at radius 2 is 1.83 bits per heavy atom. The lowest BCUT2D eigenvalue weighted by molar-refractivity contribution is 1.12. The van der Waals surface area contributed by atoms with Gasteiger partial charge in [-0.2, -0.15) is 0 Å². The highest BCUT2D eigenvalue weighted by molar-refractivity contribution is 9.11. The number of halogens is 2. The number of nitrogens with one attached hydrogen (secondary N) is 2. The predicted molar refractivity (Wildman–Crippen MR) is 79.7 cm³/mol. The number of anilines is 3. The van der Waals surface area contributed by atoms with Gasteiger partial charge in [-0.05, 0) is 46.6 Å². The fourth-order valence-corrected chi connectivity index (χ4v) is 2.53. The molecule has 4 N–H and O–H groups in total. The average Bonchev–Trinajstić information content (AvgIpc) is 2.30. The summed E-state index contributed by atoms with van der Waals surface area (Å²) in [7, 11) is 0. The Labute approximate surface area is 121 Å². The minimum absolute atomic E-state index is 0.527. The van der Waals surface area contributed by atoms with Crippen molar-refractivity contribution >= 4 is 49.2 Å². The van der Waals surface area contributed by atoms with Crippen molar-refractivity contribution < 1.29 is 0 Å². The van der Waals surface area contributed by atoms with E-state index in [4.69, 9.17) is 5.84 Å². The number of benzene rings is 1. The van der Waals surface area contributed by atoms with Gasteiger partial charge in [0.25, 0.3) is 0 Å². The molecule has 0 radical (unpaired) electrons. The van der Waals surface area contributed by atoms with Gasteiger partial charge in [-0.15, -0.1) is 0 Å². The third-order valence-corrected chi connectivity index (χ3v) is 3.44. The standard InChI is InChI=1S/C11H11Br2N5/c1-6-2-7(12)4-8(3-6)17-10-9(13)11(18-14)16-5-15-10/h2-5H,14H2,1H3,(H2,15,16,17,18). The summed E-state index contributed by atoms with van der Waals surface area (Å²) in [6, 6.07) is 6.03. The van der Waals surface area contributed by atoms with Crippen LogP contribution in [-0.2, 0) is 0 Å². The van der Waals surface area contributed by atoms with Gasteiger partial charge in [-0.1, -0.05) is 15.9 Å². The van der Waals surface area contributed by atoms with Crippen molar-refractivity contribution in [3.8, 4) is 0 Å². The first kappa shape index (κ1) is 13.3. The van der Waals surface area contributed by atoms with Crippen molar-refractivity contribution in [1.82, 2.24) is 9.97 Å². The molecule has 94 valence electrons. The van der Waals surface area contributed by atoms with Crippen molar-refractivity contribution in [3.05, 3.63) is 39.0 Å². The Morgan fingerprint density at radius 1 is 1.11 bits per heavy atom. The summed E-state index contributed by atoms with van der Waals surface area (Å²) in [5.41, 5.74) is 4.58. The molecule has 7 heteroatoms. The summed E-state index contributed by atoms with van der Waals surface area (Å²) in [5.74, 6) is 6.53. The minimum Gasteiger partial charge on any atom is -0.339 e. The van der Waals surface area contributed by atoms with Crippen LogP contribution in [-0.4, -0.2) is 9.97 Å². The lowest BCUT2D eigenvalue weighted by Crippen LogP contribution is -2.10. The first-order valence-electron chi connectivity index (χ1n) is 5.11. The van der Waals surface area contributed by atoms with Gasteiger partial charge < -0.3 is 10.7 Å². The van der Waals surface area contributed by atoms with E-state index in [1.807, 2.05) is 25.1 Å². The van der Waals surface area contributed by atoms with Crippen LogP contribution in [0.2, 0.25) is 0 Å². The number of nitrogens with two attached hydrogens (primary N) is 1. The number of hydrogen-bond donors (Lipinski definition) is 3. The molecule has 1 heterocycles. The molecule has 0 saturated heterocycles. The van der Waals surface area contributed by atoms with Crippen molar-refractivity contribution in [3.63, 3.8) is 0 Å². The van der Waals surface area contributed by atoms with Crippen molar-refractivity contribution in [1.29, 1.82) is 0 Å². The first-order chi connectivity index (χ1) is 8.60. The molecule has 0 saturated carbocycles. The Bertz CT molecular complexity index is 553. The van der Waals surface area contributed by atoms with Crippen LogP contribution in [0.4, 0.5) is 17.3 Å². The van der Waals surface area contributed by atoms with E-state index in [2.05, 4.69) is 52.6 Å². The van der Waals surface area contributed by atoms with Gasteiger partial charge >= 0.3 is 0 Å². The lowest BCUT2D eigenvalue weighted by atomic mass is 10.2. The zero-order valence-corrected chi connectivity index (χ0v) is 12.7. The number of aromatic nitrogens is 2. The van der Waals surface area contributed by atoms with E-state index in [0.29, 0.717) is 16.1 Å². The van der Waals surface area contributed by atoms with Gasteiger partial charge in [-0.3, -0.25) is 0 Å². The Hall–Kier alpha value is -1.18. The zero-order chi connectivity index (χ0) is 13.1. The fourth-order valence-electron chi connectivity index (χ4n) is 1.50. The van der Waals surface area contributed by atoms with E-state index in [-0.39, 0.29) is 0 Å². The molecule has 0 fully saturated rings.